The van der Waals surface area contributed by atoms with E-state index in [0.717, 1.165) is 5.56 Å². The fourth-order valence-electron chi connectivity index (χ4n) is 1.17. The Morgan fingerprint density at radius 2 is 2.08 bits per heavy atom. The molecule has 13 heavy (non-hydrogen) atoms. The van der Waals surface area contributed by atoms with Crippen molar-refractivity contribution < 1.29 is 5.11 Å². The van der Waals surface area contributed by atoms with Crippen molar-refractivity contribution in [3.05, 3.63) is 28.8 Å². The van der Waals surface area contributed by atoms with Gasteiger partial charge in [-0.15, -0.1) is 0 Å². The molecular weight excluding hydrogens is 186 g/mol. The van der Waals surface area contributed by atoms with Gasteiger partial charge in [0.05, 0.1) is 5.02 Å². The van der Waals surface area contributed by atoms with E-state index in [0.29, 0.717) is 11.6 Å². The third-order valence-electron chi connectivity index (χ3n) is 2.23. The van der Waals surface area contributed by atoms with Crippen molar-refractivity contribution in [3.8, 4) is 5.75 Å². The van der Waals surface area contributed by atoms with E-state index in [4.69, 9.17) is 17.3 Å². The number of hydrogen-bond acceptors (Lipinski definition) is 2. The van der Waals surface area contributed by atoms with Crippen LogP contribution in [0.3, 0.4) is 0 Å². The lowest BCUT2D eigenvalue weighted by Crippen LogP contribution is -2.28. The SMILES string of the molecule is CC(C)(CN)c1cccc(Cl)c1O. The van der Waals surface area contributed by atoms with Crippen LogP contribution in [0.4, 0.5) is 0 Å². The zero-order chi connectivity index (χ0) is 10.1. The molecular formula is C10H14ClNO. The Hall–Kier alpha value is -0.730. The number of halogens is 1. The highest BCUT2D eigenvalue weighted by Crippen LogP contribution is 2.34. The van der Waals surface area contributed by atoms with Gasteiger partial charge in [-0.05, 0) is 6.07 Å². The quantitative estimate of drug-likeness (QED) is 0.768. The van der Waals surface area contributed by atoms with Crippen LogP contribution in [-0.2, 0) is 5.41 Å². The van der Waals surface area contributed by atoms with Gasteiger partial charge in [-0.2, -0.15) is 0 Å². The molecule has 1 rings (SSSR count). The molecule has 0 atom stereocenters. The first kappa shape index (κ1) is 10.4. The Morgan fingerprint density at radius 3 is 2.62 bits per heavy atom. The lowest BCUT2D eigenvalue weighted by atomic mass is 9.84. The fourth-order valence-corrected chi connectivity index (χ4v) is 1.35. The molecule has 2 nitrogen and oxygen atoms in total. The van der Waals surface area contributed by atoms with Gasteiger partial charge in [0.1, 0.15) is 5.75 Å². The summed E-state index contributed by atoms with van der Waals surface area (Å²) in [6, 6.07) is 5.32. The van der Waals surface area contributed by atoms with E-state index in [2.05, 4.69) is 0 Å². The first-order chi connectivity index (χ1) is 5.99. The number of aromatic hydroxyl groups is 1. The van der Waals surface area contributed by atoms with Gasteiger partial charge in [0.15, 0.2) is 0 Å². The summed E-state index contributed by atoms with van der Waals surface area (Å²) in [4.78, 5) is 0. The molecule has 0 aliphatic carbocycles. The van der Waals surface area contributed by atoms with Gasteiger partial charge in [0.2, 0.25) is 0 Å². The molecule has 0 bridgehead atoms. The van der Waals surface area contributed by atoms with Crippen LogP contribution in [0.1, 0.15) is 19.4 Å². The first-order valence-electron chi connectivity index (χ1n) is 4.17. The number of hydrogen-bond donors (Lipinski definition) is 2. The summed E-state index contributed by atoms with van der Waals surface area (Å²) in [6.07, 6.45) is 0. The number of rotatable bonds is 2. The normalized spacial score (nSPS) is 11.7. The van der Waals surface area contributed by atoms with Gasteiger partial charge in [-0.25, -0.2) is 0 Å². The maximum Gasteiger partial charge on any atom is 0.137 e. The average molecular weight is 200 g/mol. The van der Waals surface area contributed by atoms with E-state index < -0.39 is 0 Å². The Labute approximate surface area is 83.3 Å². The van der Waals surface area contributed by atoms with Crippen LogP contribution in [0.15, 0.2) is 18.2 Å². The summed E-state index contributed by atoms with van der Waals surface area (Å²) >= 11 is 5.79. The molecule has 3 heteroatoms. The second-order valence-electron chi connectivity index (χ2n) is 3.72. The van der Waals surface area contributed by atoms with Crippen LogP contribution in [0.5, 0.6) is 5.75 Å². The standard InChI is InChI=1S/C10H14ClNO/c1-10(2,6-12)7-4-3-5-8(11)9(7)13/h3-5,13H,6,12H2,1-2H3. The maximum absolute atomic E-state index is 9.68. The summed E-state index contributed by atoms with van der Waals surface area (Å²) < 4.78 is 0. The van der Waals surface area contributed by atoms with Crippen LogP contribution < -0.4 is 5.73 Å². The average Bonchev–Trinajstić information content (AvgIpc) is 2.09. The maximum atomic E-state index is 9.68. The van der Waals surface area contributed by atoms with Crippen molar-refractivity contribution in [3.63, 3.8) is 0 Å². The second-order valence-corrected chi connectivity index (χ2v) is 4.13. The highest BCUT2D eigenvalue weighted by atomic mass is 35.5. The van der Waals surface area contributed by atoms with E-state index in [-0.39, 0.29) is 11.2 Å². The molecule has 0 radical (unpaired) electrons. The summed E-state index contributed by atoms with van der Waals surface area (Å²) in [6.45, 7) is 4.41. The fraction of sp³-hybridized carbons (Fsp3) is 0.400. The molecule has 0 amide bonds. The Balaban J connectivity index is 3.22. The van der Waals surface area contributed by atoms with E-state index in [1.807, 2.05) is 26.0 Å². The lowest BCUT2D eigenvalue weighted by molar-refractivity contribution is 0.438. The Morgan fingerprint density at radius 1 is 1.46 bits per heavy atom. The number of phenols is 1. The number of nitrogens with two attached hydrogens (primary N) is 1. The minimum absolute atomic E-state index is 0.139. The zero-order valence-corrected chi connectivity index (χ0v) is 8.60. The topological polar surface area (TPSA) is 46.2 Å². The Kier molecular flexibility index (Phi) is 2.84. The smallest absolute Gasteiger partial charge is 0.137 e. The molecule has 0 saturated carbocycles. The summed E-state index contributed by atoms with van der Waals surface area (Å²) in [7, 11) is 0. The van der Waals surface area contributed by atoms with E-state index in [1.54, 1.807) is 6.07 Å². The van der Waals surface area contributed by atoms with Crippen LogP contribution in [0.2, 0.25) is 5.02 Å². The molecule has 0 spiro atoms. The number of benzene rings is 1. The first-order valence-corrected chi connectivity index (χ1v) is 4.55. The molecule has 3 N–H and O–H groups in total. The largest absolute Gasteiger partial charge is 0.506 e. The van der Waals surface area contributed by atoms with Crippen LogP contribution >= 0.6 is 11.6 Å². The highest BCUT2D eigenvalue weighted by Gasteiger charge is 2.22. The molecule has 0 aliphatic heterocycles. The molecule has 0 saturated heterocycles. The molecule has 0 aliphatic rings. The minimum atomic E-state index is -0.241. The third-order valence-corrected chi connectivity index (χ3v) is 2.53. The number of para-hydroxylation sites is 1. The predicted octanol–water partition coefficient (Wildman–Crippen LogP) is 2.28. The van der Waals surface area contributed by atoms with Crippen molar-refractivity contribution in [2.45, 2.75) is 19.3 Å². The van der Waals surface area contributed by atoms with E-state index >= 15 is 0 Å². The molecule has 0 heterocycles. The number of phenolic OH excluding ortho intramolecular Hbond substituents is 1. The highest BCUT2D eigenvalue weighted by molar-refractivity contribution is 6.32. The van der Waals surface area contributed by atoms with Crippen molar-refractivity contribution >= 4 is 11.6 Å². The van der Waals surface area contributed by atoms with Gasteiger partial charge >= 0.3 is 0 Å². The van der Waals surface area contributed by atoms with Crippen LogP contribution in [0.25, 0.3) is 0 Å². The minimum Gasteiger partial charge on any atom is -0.506 e. The summed E-state index contributed by atoms with van der Waals surface area (Å²) in [5.41, 5.74) is 6.16. The van der Waals surface area contributed by atoms with Gasteiger partial charge in [0.25, 0.3) is 0 Å². The van der Waals surface area contributed by atoms with Gasteiger partial charge in [-0.1, -0.05) is 37.6 Å². The lowest BCUT2D eigenvalue weighted by Gasteiger charge is -2.24. The second kappa shape index (κ2) is 3.56. The summed E-state index contributed by atoms with van der Waals surface area (Å²) in [5, 5.41) is 10.1. The predicted molar refractivity (Wildman–Crippen MR) is 55.2 cm³/mol. The van der Waals surface area contributed by atoms with Crippen molar-refractivity contribution in [1.29, 1.82) is 0 Å². The van der Waals surface area contributed by atoms with Crippen molar-refractivity contribution in [2.75, 3.05) is 6.54 Å². The molecule has 0 fully saturated rings. The molecule has 1 aromatic rings. The third kappa shape index (κ3) is 1.95. The van der Waals surface area contributed by atoms with Crippen molar-refractivity contribution in [1.82, 2.24) is 0 Å². The monoisotopic (exact) mass is 199 g/mol. The van der Waals surface area contributed by atoms with Crippen LogP contribution in [0, 0.1) is 0 Å². The summed E-state index contributed by atoms with van der Waals surface area (Å²) in [5.74, 6) is 0.139. The van der Waals surface area contributed by atoms with E-state index in [9.17, 15) is 5.11 Å². The molecule has 0 aromatic heterocycles. The van der Waals surface area contributed by atoms with E-state index in [1.165, 1.54) is 0 Å². The van der Waals surface area contributed by atoms with Crippen molar-refractivity contribution in [2.24, 2.45) is 5.73 Å². The molecule has 0 unspecified atom stereocenters. The van der Waals surface area contributed by atoms with Gasteiger partial charge < -0.3 is 10.8 Å². The van der Waals surface area contributed by atoms with Gasteiger partial charge in [0, 0.05) is 17.5 Å². The van der Waals surface area contributed by atoms with Crippen LogP contribution in [-0.4, -0.2) is 11.7 Å². The molecule has 1 aromatic carbocycles. The zero-order valence-electron chi connectivity index (χ0n) is 7.84. The Bertz CT molecular complexity index is 310. The molecule has 72 valence electrons. The van der Waals surface area contributed by atoms with Gasteiger partial charge in [-0.3, -0.25) is 0 Å².